The minimum Gasteiger partial charge on any atom is -0.545 e. The molecule has 0 aromatic heterocycles. The SMILES string of the molecule is O=C([O-])c1cccc(S(=O)O)c1.[Na+]. The fourth-order valence-electron chi connectivity index (χ4n) is 0.732. The summed E-state index contributed by atoms with van der Waals surface area (Å²) in [6.07, 6.45) is 0. The summed E-state index contributed by atoms with van der Waals surface area (Å²) in [5.41, 5.74) is -0.102. The number of carboxylic acid groups (broad SMARTS) is 1. The molecule has 1 atom stereocenters. The summed E-state index contributed by atoms with van der Waals surface area (Å²) < 4.78 is 19.1. The molecule has 1 N–H and O–H groups in total. The summed E-state index contributed by atoms with van der Waals surface area (Å²) >= 11 is -2.15. The van der Waals surface area contributed by atoms with Crippen LogP contribution < -0.4 is 34.7 Å². The maximum Gasteiger partial charge on any atom is 1.00 e. The molecule has 64 valence electrons. The number of carbonyl (C=O) groups is 1. The molecule has 1 aromatic carbocycles. The second-order valence-electron chi connectivity index (χ2n) is 2.06. The van der Waals surface area contributed by atoms with Gasteiger partial charge in [-0.15, -0.1) is 0 Å². The van der Waals surface area contributed by atoms with Crippen LogP contribution in [-0.2, 0) is 11.1 Å². The Kier molecular flexibility index (Phi) is 5.43. The average Bonchev–Trinajstić information content (AvgIpc) is 2.04. The maximum absolute atomic E-state index is 10.5. The number of rotatable bonds is 2. The van der Waals surface area contributed by atoms with E-state index in [9.17, 15) is 14.1 Å². The molecule has 6 heteroatoms. The van der Waals surface area contributed by atoms with Gasteiger partial charge in [-0.25, -0.2) is 4.21 Å². The van der Waals surface area contributed by atoms with E-state index in [1.165, 1.54) is 18.2 Å². The van der Waals surface area contributed by atoms with Gasteiger partial charge in [0.1, 0.15) is 0 Å². The van der Waals surface area contributed by atoms with Crippen molar-refractivity contribution in [3.8, 4) is 0 Å². The van der Waals surface area contributed by atoms with E-state index in [-0.39, 0.29) is 40.0 Å². The zero-order chi connectivity index (χ0) is 9.14. The van der Waals surface area contributed by atoms with Gasteiger partial charge in [-0.05, 0) is 17.7 Å². The molecule has 13 heavy (non-hydrogen) atoms. The third kappa shape index (κ3) is 3.58. The van der Waals surface area contributed by atoms with Gasteiger partial charge in [-0.3, -0.25) is 0 Å². The quantitative estimate of drug-likeness (QED) is 0.406. The van der Waals surface area contributed by atoms with Crippen molar-refractivity contribution >= 4 is 17.0 Å². The van der Waals surface area contributed by atoms with Crippen molar-refractivity contribution in [3.63, 3.8) is 0 Å². The first-order valence-corrected chi connectivity index (χ1v) is 4.14. The molecule has 0 spiro atoms. The maximum atomic E-state index is 10.5. The largest absolute Gasteiger partial charge is 1.00 e. The summed E-state index contributed by atoms with van der Waals surface area (Å²) in [6, 6.07) is 5.15. The molecule has 0 amide bonds. The van der Waals surface area contributed by atoms with E-state index in [1.54, 1.807) is 0 Å². The molecule has 1 aromatic rings. The molecule has 0 heterocycles. The first kappa shape index (κ1) is 12.8. The van der Waals surface area contributed by atoms with Crippen molar-refractivity contribution in [2.24, 2.45) is 0 Å². The van der Waals surface area contributed by atoms with Gasteiger partial charge in [-0.1, -0.05) is 12.1 Å². The summed E-state index contributed by atoms with van der Waals surface area (Å²) in [5, 5.41) is 10.3. The third-order valence-corrected chi connectivity index (χ3v) is 1.93. The second-order valence-corrected chi connectivity index (χ2v) is 3.03. The van der Waals surface area contributed by atoms with Crippen LogP contribution in [0.4, 0.5) is 0 Å². The van der Waals surface area contributed by atoms with Crippen LogP contribution in [0, 0.1) is 0 Å². The molecule has 1 unspecified atom stereocenters. The monoisotopic (exact) mass is 208 g/mol. The van der Waals surface area contributed by atoms with Crippen molar-refractivity contribution in [2.45, 2.75) is 4.90 Å². The van der Waals surface area contributed by atoms with Crippen LogP contribution in [0.5, 0.6) is 0 Å². The number of hydrogen-bond donors (Lipinski definition) is 1. The fourth-order valence-corrected chi connectivity index (χ4v) is 1.15. The number of carboxylic acids is 1. The Morgan fingerprint density at radius 1 is 1.46 bits per heavy atom. The summed E-state index contributed by atoms with van der Waals surface area (Å²) in [7, 11) is 0. The second kappa shape index (κ2) is 5.51. The summed E-state index contributed by atoms with van der Waals surface area (Å²) in [4.78, 5) is 10.3. The number of benzene rings is 1. The molecule has 0 radical (unpaired) electrons. The van der Waals surface area contributed by atoms with Crippen molar-refractivity contribution < 1.29 is 48.2 Å². The number of carbonyl (C=O) groups excluding carboxylic acids is 1. The molecular weight excluding hydrogens is 203 g/mol. The smallest absolute Gasteiger partial charge is 0.545 e. The standard InChI is InChI=1S/C7H6O4S.Na/c8-7(9)5-2-1-3-6(4-5)12(10)11;/h1-4H,(H,8,9)(H,10,11);/q;+1/p-1. The van der Waals surface area contributed by atoms with Crippen LogP contribution >= 0.6 is 0 Å². The zero-order valence-corrected chi connectivity index (χ0v) is 9.71. The van der Waals surface area contributed by atoms with E-state index in [2.05, 4.69) is 0 Å². The Morgan fingerprint density at radius 3 is 2.54 bits per heavy atom. The van der Waals surface area contributed by atoms with Gasteiger partial charge in [0, 0.05) is 0 Å². The topological polar surface area (TPSA) is 77.4 Å². The van der Waals surface area contributed by atoms with E-state index in [0.717, 1.165) is 6.07 Å². The van der Waals surface area contributed by atoms with Gasteiger partial charge in [0.05, 0.1) is 10.9 Å². The first-order chi connectivity index (χ1) is 5.61. The molecule has 0 aliphatic carbocycles. The molecule has 0 saturated heterocycles. The Bertz CT molecular complexity index is 310. The average molecular weight is 208 g/mol. The zero-order valence-electron chi connectivity index (χ0n) is 6.89. The van der Waals surface area contributed by atoms with Crippen LogP contribution in [0.25, 0.3) is 0 Å². The molecular formula is C7H5NaO4S. The van der Waals surface area contributed by atoms with Gasteiger partial charge in [0.2, 0.25) is 0 Å². The van der Waals surface area contributed by atoms with Crippen molar-refractivity contribution in [1.29, 1.82) is 0 Å². The van der Waals surface area contributed by atoms with E-state index < -0.39 is 17.0 Å². The van der Waals surface area contributed by atoms with Crippen molar-refractivity contribution in [1.82, 2.24) is 0 Å². The minimum absolute atomic E-state index is 0. The predicted molar refractivity (Wildman–Crippen MR) is 39.8 cm³/mol. The molecule has 0 bridgehead atoms. The van der Waals surface area contributed by atoms with Crippen LogP contribution in [-0.4, -0.2) is 14.7 Å². The normalized spacial score (nSPS) is 11.5. The van der Waals surface area contributed by atoms with Gasteiger partial charge < -0.3 is 14.5 Å². The minimum atomic E-state index is -2.15. The molecule has 0 fully saturated rings. The van der Waals surface area contributed by atoms with Gasteiger partial charge in [0.25, 0.3) is 0 Å². The van der Waals surface area contributed by atoms with Crippen LogP contribution in [0.2, 0.25) is 0 Å². The fraction of sp³-hybridized carbons (Fsp3) is 0. The number of aromatic carboxylic acids is 1. The molecule has 0 saturated carbocycles. The molecule has 0 aliphatic heterocycles. The summed E-state index contributed by atoms with van der Waals surface area (Å²) in [6.45, 7) is 0. The van der Waals surface area contributed by atoms with Gasteiger partial charge >= 0.3 is 29.6 Å². The molecule has 1 rings (SSSR count). The molecule has 4 nitrogen and oxygen atoms in total. The third-order valence-electron chi connectivity index (χ3n) is 1.27. The van der Waals surface area contributed by atoms with Gasteiger partial charge in [-0.2, -0.15) is 0 Å². The van der Waals surface area contributed by atoms with Crippen molar-refractivity contribution in [3.05, 3.63) is 29.8 Å². The van der Waals surface area contributed by atoms with Crippen LogP contribution in [0.15, 0.2) is 29.2 Å². The van der Waals surface area contributed by atoms with Crippen LogP contribution in [0.1, 0.15) is 10.4 Å². The van der Waals surface area contributed by atoms with Gasteiger partial charge in [0.15, 0.2) is 11.1 Å². The Hall–Kier alpha value is -0.200. The van der Waals surface area contributed by atoms with Crippen LogP contribution in [0.3, 0.4) is 0 Å². The summed E-state index contributed by atoms with van der Waals surface area (Å²) in [5.74, 6) is -1.36. The van der Waals surface area contributed by atoms with E-state index in [0.29, 0.717) is 0 Å². The Morgan fingerprint density at radius 2 is 2.08 bits per heavy atom. The predicted octanol–water partition coefficient (Wildman–Crippen LogP) is -3.37. The van der Waals surface area contributed by atoms with Crippen molar-refractivity contribution in [2.75, 3.05) is 0 Å². The van der Waals surface area contributed by atoms with E-state index in [4.69, 9.17) is 4.55 Å². The Balaban J connectivity index is 0.00000144. The molecule has 0 aliphatic rings. The van der Waals surface area contributed by atoms with E-state index in [1.807, 2.05) is 0 Å². The Labute approximate surface area is 99.5 Å². The van der Waals surface area contributed by atoms with E-state index >= 15 is 0 Å². The first-order valence-electron chi connectivity index (χ1n) is 3.03. The number of hydrogen-bond acceptors (Lipinski definition) is 3.